The number of rotatable bonds is 7. The van der Waals surface area contributed by atoms with Crippen molar-refractivity contribution >= 4 is 27.7 Å². The summed E-state index contributed by atoms with van der Waals surface area (Å²) in [5.74, 6) is 3.43. The molecule has 0 aliphatic carbocycles. The Balaban J connectivity index is 2.13. The minimum atomic E-state index is 0.586. The first-order valence-electron chi connectivity index (χ1n) is 7.70. The number of aryl methyl sites for hydroxylation is 2. The third-order valence-corrected chi connectivity index (χ3v) is 6.28. The maximum absolute atomic E-state index is 4.63. The maximum Gasteiger partial charge on any atom is 0.0738 e. The summed E-state index contributed by atoms with van der Waals surface area (Å²) in [6.07, 6.45) is 3.63. The summed E-state index contributed by atoms with van der Waals surface area (Å²) >= 11 is 5.83. The van der Waals surface area contributed by atoms with Crippen LogP contribution in [-0.2, 0) is 13.0 Å². The second-order valence-corrected chi connectivity index (χ2v) is 7.49. The Kier molecular flexibility index (Phi) is 6.43. The molecule has 1 aliphatic rings. The molecule has 20 heavy (non-hydrogen) atoms. The predicted octanol–water partition coefficient (Wildman–Crippen LogP) is 3.64. The Bertz CT molecular complexity index is 427. The van der Waals surface area contributed by atoms with E-state index in [1.54, 1.807) is 0 Å². The van der Waals surface area contributed by atoms with Gasteiger partial charge >= 0.3 is 0 Å². The van der Waals surface area contributed by atoms with Crippen LogP contribution in [0, 0.1) is 12.8 Å². The highest BCUT2D eigenvalue weighted by Gasteiger charge is 2.27. The summed E-state index contributed by atoms with van der Waals surface area (Å²) in [5.41, 5.74) is 2.47. The van der Waals surface area contributed by atoms with Gasteiger partial charge in [0, 0.05) is 19.0 Å². The van der Waals surface area contributed by atoms with Crippen LogP contribution in [-0.4, -0.2) is 33.9 Å². The van der Waals surface area contributed by atoms with Crippen molar-refractivity contribution in [2.45, 2.75) is 52.6 Å². The second kappa shape index (κ2) is 7.85. The van der Waals surface area contributed by atoms with Crippen LogP contribution >= 0.6 is 27.7 Å². The highest BCUT2D eigenvalue weighted by Crippen LogP contribution is 2.30. The molecule has 0 spiro atoms. The van der Waals surface area contributed by atoms with Gasteiger partial charge in [0.15, 0.2) is 0 Å². The lowest BCUT2D eigenvalue weighted by Crippen LogP contribution is -2.39. The first-order chi connectivity index (χ1) is 9.67. The van der Waals surface area contributed by atoms with Crippen LogP contribution in [0.1, 0.15) is 38.1 Å². The summed E-state index contributed by atoms with van der Waals surface area (Å²) in [4.78, 5) is 0. The van der Waals surface area contributed by atoms with E-state index in [9.17, 15) is 0 Å². The van der Waals surface area contributed by atoms with Gasteiger partial charge in [0.05, 0.1) is 15.9 Å². The topological polar surface area (TPSA) is 29.9 Å². The van der Waals surface area contributed by atoms with Crippen LogP contribution in [0.2, 0.25) is 0 Å². The zero-order valence-corrected chi connectivity index (χ0v) is 15.2. The summed E-state index contributed by atoms with van der Waals surface area (Å²) in [6, 6.07) is 0.586. The molecule has 1 aliphatic heterocycles. The van der Waals surface area contributed by atoms with E-state index in [1.807, 2.05) is 0 Å². The average Bonchev–Trinajstić information content (AvgIpc) is 3.06. The van der Waals surface area contributed by atoms with Crippen molar-refractivity contribution in [2.24, 2.45) is 5.92 Å². The van der Waals surface area contributed by atoms with Gasteiger partial charge in [-0.3, -0.25) is 4.68 Å². The molecule has 2 heterocycles. The van der Waals surface area contributed by atoms with Gasteiger partial charge in [-0.2, -0.15) is 16.9 Å². The zero-order valence-electron chi connectivity index (χ0n) is 12.8. The fraction of sp³-hybridized carbons (Fsp3) is 0.800. The lowest BCUT2D eigenvalue weighted by atomic mass is 9.94. The molecule has 0 radical (unpaired) electrons. The lowest BCUT2D eigenvalue weighted by molar-refractivity contribution is 0.371. The zero-order chi connectivity index (χ0) is 14.5. The molecule has 0 aromatic carbocycles. The molecule has 0 amide bonds. The largest absolute Gasteiger partial charge is 0.313 e. The van der Waals surface area contributed by atoms with Gasteiger partial charge in [-0.1, -0.05) is 6.92 Å². The highest BCUT2D eigenvalue weighted by molar-refractivity contribution is 9.10. The number of nitrogens with one attached hydrogen (secondary N) is 1. The van der Waals surface area contributed by atoms with Gasteiger partial charge < -0.3 is 5.32 Å². The summed E-state index contributed by atoms with van der Waals surface area (Å²) in [5, 5.41) is 8.40. The average molecular weight is 360 g/mol. The number of thioether (sulfide) groups is 1. The first-order valence-corrected chi connectivity index (χ1v) is 9.65. The lowest BCUT2D eigenvalue weighted by Gasteiger charge is -2.25. The monoisotopic (exact) mass is 359 g/mol. The van der Waals surface area contributed by atoms with Crippen molar-refractivity contribution in [3.8, 4) is 0 Å². The quantitative estimate of drug-likeness (QED) is 0.805. The Morgan fingerprint density at radius 1 is 1.50 bits per heavy atom. The molecule has 2 atom stereocenters. The summed E-state index contributed by atoms with van der Waals surface area (Å²) < 4.78 is 3.36. The van der Waals surface area contributed by atoms with Gasteiger partial charge in [0.2, 0.25) is 0 Å². The van der Waals surface area contributed by atoms with Crippen molar-refractivity contribution in [3.05, 3.63) is 15.9 Å². The fourth-order valence-corrected chi connectivity index (χ4v) is 4.66. The molecular weight excluding hydrogens is 334 g/mol. The molecule has 1 aromatic rings. The first kappa shape index (κ1) is 16.4. The third kappa shape index (κ3) is 3.80. The van der Waals surface area contributed by atoms with E-state index in [0.29, 0.717) is 6.04 Å². The summed E-state index contributed by atoms with van der Waals surface area (Å²) in [7, 11) is 0. The molecule has 0 saturated carbocycles. The van der Waals surface area contributed by atoms with E-state index in [1.165, 1.54) is 34.5 Å². The van der Waals surface area contributed by atoms with E-state index in [4.69, 9.17) is 0 Å². The second-order valence-electron chi connectivity index (χ2n) is 5.55. The molecule has 2 rings (SSSR count). The maximum atomic E-state index is 4.63. The Hall–Kier alpha value is -0.000000000000000111. The van der Waals surface area contributed by atoms with E-state index < -0.39 is 0 Å². The molecular formula is C15H26BrN3S. The van der Waals surface area contributed by atoms with E-state index in [2.05, 4.69) is 63.6 Å². The minimum Gasteiger partial charge on any atom is -0.313 e. The van der Waals surface area contributed by atoms with Gasteiger partial charge in [-0.25, -0.2) is 0 Å². The van der Waals surface area contributed by atoms with Crippen LogP contribution in [0.15, 0.2) is 4.47 Å². The number of halogens is 1. The molecule has 114 valence electrons. The van der Waals surface area contributed by atoms with E-state index >= 15 is 0 Å². The van der Waals surface area contributed by atoms with Crippen LogP contribution in [0.3, 0.4) is 0 Å². The normalized spacial score (nSPS) is 20.5. The number of hydrogen-bond donors (Lipinski definition) is 1. The SMILES string of the molecule is CCCNC(Cc1c(Br)c(C)nn1CC)C1CCSC1. The molecule has 2 unspecified atom stereocenters. The van der Waals surface area contributed by atoms with Gasteiger partial charge in [-0.15, -0.1) is 0 Å². The highest BCUT2D eigenvalue weighted by atomic mass is 79.9. The van der Waals surface area contributed by atoms with Crippen molar-refractivity contribution in [3.63, 3.8) is 0 Å². The van der Waals surface area contributed by atoms with Crippen LogP contribution in [0.25, 0.3) is 0 Å². The Morgan fingerprint density at radius 3 is 2.90 bits per heavy atom. The van der Waals surface area contributed by atoms with Crippen LogP contribution < -0.4 is 5.32 Å². The number of hydrogen-bond acceptors (Lipinski definition) is 3. The van der Waals surface area contributed by atoms with Gasteiger partial charge in [0.25, 0.3) is 0 Å². The molecule has 0 bridgehead atoms. The minimum absolute atomic E-state index is 0.586. The van der Waals surface area contributed by atoms with Crippen molar-refractivity contribution < 1.29 is 0 Å². The molecule has 3 nitrogen and oxygen atoms in total. The smallest absolute Gasteiger partial charge is 0.0738 e. The summed E-state index contributed by atoms with van der Waals surface area (Å²) in [6.45, 7) is 8.55. The van der Waals surface area contributed by atoms with Crippen molar-refractivity contribution in [2.75, 3.05) is 18.1 Å². The van der Waals surface area contributed by atoms with E-state index in [-0.39, 0.29) is 0 Å². The molecule has 1 saturated heterocycles. The number of aromatic nitrogens is 2. The van der Waals surface area contributed by atoms with Gasteiger partial charge in [-0.05, 0) is 66.6 Å². The standard InChI is InChI=1S/C15H26BrN3S/c1-4-7-17-13(12-6-8-20-10-12)9-14-15(16)11(3)18-19(14)5-2/h12-13,17H,4-10H2,1-3H3. The van der Waals surface area contributed by atoms with E-state index in [0.717, 1.165) is 31.1 Å². The Labute approximate surface area is 135 Å². The van der Waals surface area contributed by atoms with Crippen LogP contribution in [0.4, 0.5) is 0 Å². The molecule has 1 fully saturated rings. The molecule has 1 aromatic heterocycles. The third-order valence-electron chi connectivity index (χ3n) is 4.06. The predicted molar refractivity (Wildman–Crippen MR) is 91.6 cm³/mol. The van der Waals surface area contributed by atoms with Crippen LogP contribution in [0.5, 0.6) is 0 Å². The fourth-order valence-electron chi connectivity index (χ4n) is 2.88. The number of nitrogens with zero attached hydrogens (tertiary/aromatic N) is 2. The Morgan fingerprint density at radius 2 is 2.30 bits per heavy atom. The van der Waals surface area contributed by atoms with Crippen molar-refractivity contribution in [1.82, 2.24) is 15.1 Å². The molecule has 5 heteroatoms. The van der Waals surface area contributed by atoms with Gasteiger partial charge in [0.1, 0.15) is 0 Å². The van der Waals surface area contributed by atoms with Crippen molar-refractivity contribution in [1.29, 1.82) is 0 Å². The molecule has 1 N–H and O–H groups in total.